The Balaban J connectivity index is 2.51. The van der Waals surface area contributed by atoms with E-state index in [-0.39, 0.29) is 13.2 Å². The number of ether oxygens (including phenoxy) is 2. The van der Waals surface area contributed by atoms with Crippen LogP contribution in [0.25, 0.3) is 11.0 Å². The molecule has 0 radical (unpaired) electrons. The molecule has 0 N–H and O–H groups in total. The van der Waals surface area contributed by atoms with Gasteiger partial charge in [-0.3, -0.25) is 0 Å². The fraction of sp³-hybridized carbons (Fsp3) is 0.357. The lowest BCUT2D eigenvalue weighted by Crippen LogP contribution is -2.29. The lowest BCUT2D eigenvalue weighted by atomic mass is 10.2. The van der Waals surface area contributed by atoms with Gasteiger partial charge in [-0.2, -0.15) is 0 Å². The minimum Gasteiger partial charge on any atom is -0.461 e. The molecule has 0 unspecified atom stereocenters. The zero-order valence-corrected chi connectivity index (χ0v) is 12.6. The van der Waals surface area contributed by atoms with E-state index in [2.05, 4.69) is 15.4 Å². The van der Waals surface area contributed by atoms with Crippen molar-refractivity contribution in [2.24, 2.45) is 5.10 Å². The second-order valence-electron chi connectivity index (χ2n) is 4.31. The first-order chi connectivity index (χ1) is 10.6. The Morgan fingerprint density at radius 2 is 1.82 bits per heavy atom. The molecular weight excluding hydrogens is 288 g/mol. The van der Waals surface area contributed by atoms with Crippen LogP contribution in [0.5, 0.6) is 0 Å². The van der Waals surface area contributed by atoms with Crippen molar-refractivity contribution in [1.29, 1.82) is 0 Å². The Kier molecular flexibility index (Phi) is 4.82. The molecule has 116 valence electrons. The largest absolute Gasteiger partial charge is 0.461 e. The summed E-state index contributed by atoms with van der Waals surface area (Å²) in [6.07, 6.45) is 0. The number of hydrogen-bond acceptors (Lipinski definition) is 7. The predicted molar refractivity (Wildman–Crippen MR) is 78.4 cm³/mol. The molecule has 0 spiro atoms. The minimum absolute atomic E-state index is 0.119. The maximum absolute atomic E-state index is 11.9. The number of para-hydroxylation sites is 1. The van der Waals surface area contributed by atoms with E-state index in [1.165, 1.54) is 0 Å². The van der Waals surface area contributed by atoms with Gasteiger partial charge < -0.3 is 9.47 Å². The third-order valence-corrected chi connectivity index (χ3v) is 2.79. The summed E-state index contributed by atoms with van der Waals surface area (Å²) in [6.45, 7) is 5.36. The van der Waals surface area contributed by atoms with E-state index in [1.807, 2.05) is 19.1 Å². The van der Waals surface area contributed by atoms with Crippen LogP contribution < -0.4 is 0 Å². The fourth-order valence-electron chi connectivity index (χ4n) is 1.85. The molecule has 1 aromatic heterocycles. The van der Waals surface area contributed by atoms with Crippen LogP contribution in [0.15, 0.2) is 23.3 Å². The van der Waals surface area contributed by atoms with Crippen LogP contribution in [0.2, 0.25) is 0 Å². The Morgan fingerprint density at radius 1 is 1.18 bits per heavy atom. The third-order valence-electron chi connectivity index (χ3n) is 2.79. The summed E-state index contributed by atoms with van der Waals surface area (Å²) >= 11 is 0. The molecule has 1 heterocycles. The van der Waals surface area contributed by atoms with Gasteiger partial charge in [-0.05, 0) is 37.6 Å². The molecule has 0 bridgehead atoms. The number of hydrogen-bond donors (Lipinski definition) is 0. The summed E-state index contributed by atoms with van der Waals surface area (Å²) in [7, 11) is 0. The standard InChI is InChI=1S/C14H16N4O4/c1-4-21-13(19)11(14(20)22-5-2)16-18-12-9(3)7-6-8-10(12)15-17-18/h6-8H,4-5H2,1-3H3. The van der Waals surface area contributed by atoms with Crippen LogP contribution in [-0.4, -0.2) is 46.0 Å². The number of fused-ring (bicyclic) bond motifs is 1. The Bertz CT molecular complexity index is 716. The molecule has 2 aromatic rings. The molecule has 0 fully saturated rings. The van der Waals surface area contributed by atoms with Crippen molar-refractivity contribution in [3.05, 3.63) is 23.8 Å². The summed E-state index contributed by atoms with van der Waals surface area (Å²) in [4.78, 5) is 24.9. The number of esters is 2. The van der Waals surface area contributed by atoms with Gasteiger partial charge in [0.25, 0.3) is 5.71 Å². The van der Waals surface area contributed by atoms with Crippen molar-refractivity contribution in [3.63, 3.8) is 0 Å². The number of benzene rings is 1. The highest BCUT2D eigenvalue weighted by Crippen LogP contribution is 2.15. The summed E-state index contributed by atoms with van der Waals surface area (Å²) in [5.74, 6) is -1.73. The van der Waals surface area contributed by atoms with E-state index in [0.29, 0.717) is 11.0 Å². The van der Waals surface area contributed by atoms with E-state index in [0.717, 1.165) is 10.4 Å². The molecule has 8 heteroatoms. The zero-order chi connectivity index (χ0) is 16.1. The zero-order valence-electron chi connectivity index (χ0n) is 12.6. The topological polar surface area (TPSA) is 95.7 Å². The molecule has 2 rings (SSSR count). The molecular formula is C14H16N4O4. The first-order valence-corrected chi connectivity index (χ1v) is 6.82. The molecule has 0 atom stereocenters. The van der Waals surface area contributed by atoms with Crippen molar-refractivity contribution in [2.75, 3.05) is 13.2 Å². The van der Waals surface area contributed by atoms with Gasteiger partial charge in [-0.15, -0.1) is 15.0 Å². The first-order valence-electron chi connectivity index (χ1n) is 6.82. The molecule has 0 saturated carbocycles. The van der Waals surface area contributed by atoms with Crippen molar-refractivity contribution in [3.8, 4) is 0 Å². The van der Waals surface area contributed by atoms with E-state index >= 15 is 0 Å². The maximum Gasteiger partial charge on any atom is 0.366 e. The quantitative estimate of drug-likeness (QED) is 0.466. The lowest BCUT2D eigenvalue weighted by Gasteiger charge is -2.05. The Hall–Kier alpha value is -2.77. The minimum atomic E-state index is -0.863. The Labute approximate surface area is 126 Å². The predicted octanol–water partition coefficient (Wildman–Crippen LogP) is 1.07. The molecule has 0 saturated heterocycles. The Morgan fingerprint density at radius 3 is 2.41 bits per heavy atom. The normalized spacial score (nSPS) is 10.3. The highest BCUT2D eigenvalue weighted by molar-refractivity contribution is 6.62. The number of carbonyl (C=O) groups excluding carboxylic acids is 2. The molecule has 0 aliphatic carbocycles. The number of rotatable bonds is 5. The second-order valence-corrected chi connectivity index (χ2v) is 4.31. The van der Waals surface area contributed by atoms with Crippen molar-refractivity contribution < 1.29 is 19.1 Å². The van der Waals surface area contributed by atoms with Crippen LogP contribution in [0.3, 0.4) is 0 Å². The number of nitrogens with zero attached hydrogens (tertiary/aromatic N) is 4. The van der Waals surface area contributed by atoms with Crippen LogP contribution in [0.4, 0.5) is 0 Å². The van der Waals surface area contributed by atoms with Gasteiger partial charge in [0, 0.05) is 0 Å². The summed E-state index contributed by atoms with van der Waals surface area (Å²) in [5, 5.41) is 11.7. The average Bonchev–Trinajstić information content (AvgIpc) is 2.89. The third kappa shape index (κ3) is 3.11. The van der Waals surface area contributed by atoms with Crippen molar-refractivity contribution in [1.82, 2.24) is 15.1 Å². The molecule has 1 aromatic carbocycles. The van der Waals surface area contributed by atoms with Gasteiger partial charge in [0.05, 0.1) is 13.2 Å². The van der Waals surface area contributed by atoms with Gasteiger partial charge in [0.1, 0.15) is 11.0 Å². The van der Waals surface area contributed by atoms with Gasteiger partial charge in [-0.25, -0.2) is 9.59 Å². The molecule has 0 aliphatic rings. The van der Waals surface area contributed by atoms with Crippen molar-refractivity contribution >= 4 is 28.7 Å². The van der Waals surface area contributed by atoms with Crippen molar-refractivity contribution in [2.45, 2.75) is 20.8 Å². The van der Waals surface area contributed by atoms with E-state index < -0.39 is 17.7 Å². The summed E-state index contributed by atoms with van der Waals surface area (Å²) in [5.41, 5.74) is 1.60. The number of aromatic nitrogens is 3. The fourth-order valence-corrected chi connectivity index (χ4v) is 1.85. The van der Waals surface area contributed by atoms with Crippen LogP contribution >= 0.6 is 0 Å². The van der Waals surface area contributed by atoms with Crippen LogP contribution in [0.1, 0.15) is 19.4 Å². The average molecular weight is 304 g/mol. The first kappa shape index (κ1) is 15.6. The van der Waals surface area contributed by atoms with E-state index in [4.69, 9.17) is 9.47 Å². The highest BCUT2D eigenvalue weighted by Gasteiger charge is 2.24. The summed E-state index contributed by atoms with van der Waals surface area (Å²) in [6, 6.07) is 5.44. The number of aryl methyl sites for hydroxylation is 1. The molecule has 0 amide bonds. The van der Waals surface area contributed by atoms with E-state index in [1.54, 1.807) is 19.9 Å². The van der Waals surface area contributed by atoms with Gasteiger partial charge >= 0.3 is 11.9 Å². The van der Waals surface area contributed by atoms with E-state index in [9.17, 15) is 9.59 Å². The smallest absolute Gasteiger partial charge is 0.366 e. The maximum atomic E-state index is 11.9. The molecule has 8 nitrogen and oxygen atoms in total. The van der Waals surface area contributed by atoms with Gasteiger partial charge in [-0.1, -0.05) is 12.1 Å². The second kappa shape index (κ2) is 6.79. The highest BCUT2D eigenvalue weighted by atomic mass is 16.6. The van der Waals surface area contributed by atoms with Crippen LogP contribution in [0, 0.1) is 6.92 Å². The SMILES string of the molecule is CCOC(=O)C(=Nn1nnc2cccc(C)c21)C(=O)OCC. The van der Waals surface area contributed by atoms with Crippen LogP contribution in [-0.2, 0) is 19.1 Å². The lowest BCUT2D eigenvalue weighted by molar-refractivity contribution is -0.140. The number of carbonyl (C=O) groups is 2. The molecule has 0 aliphatic heterocycles. The summed E-state index contributed by atoms with van der Waals surface area (Å²) < 4.78 is 9.66. The van der Waals surface area contributed by atoms with Gasteiger partial charge in [0.2, 0.25) is 0 Å². The monoisotopic (exact) mass is 304 g/mol. The molecule has 22 heavy (non-hydrogen) atoms. The van der Waals surface area contributed by atoms with Gasteiger partial charge in [0.15, 0.2) is 0 Å².